The molecule has 0 radical (unpaired) electrons. The third kappa shape index (κ3) is 4.90. The SMILES string of the molecule is CCc1nc2c(nc1-c1ccc(C(C)C)nc1OS(=O)(=O)C(F)(F)F)c(C)nn2Cc1ccccc1. The van der Waals surface area contributed by atoms with Gasteiger partial charge in [0.2, 0.25) is 5.88 Å². The third-order valence-electron chi connectivity index (χ3n) is 5.52. The van der Waals surface area contributed by atoms with Crippen molar-refractivity contribution in [3.63, 3.8) is 0 Å². The van der Waals surface area contributed by atoms with Gasteiger partial charge in [-0.3, -0.25) is 0 Å². The van der Waals surface area contributed by atoms with Crippen molar-refractivity contribution in [2.75, 3.05) is 0 Å². The number of benzene rings is 1. The monoisotopic (exact) mass is 519 g/mol. The number of aryl methyl sites for hydroxylation is 2. The Morgan fingerprint density at radius 3 is 2.33 bits per heavy atom. The van der Waals surface area contributed by atoms with Crippen molar-refractivity contribution in [2.45, 2.75) is 52.1 Å². The number of rotatable bonds is 7. The van der Waals surface area contributed by atoms with Crippen LogP contribution in [0.3, 0.4) is 0 Å². The van der Waals surface area contributed by atoms with Crippen molar-refractivity contribution in [2.24, 2.45) is 0 Å². The van der Waals surface area contributed by atoms with E-state index in [1.165, 1.54) is 6.07 Å². The van der Waals surface area contributed by atoms with Crippen LogP contribution < -0.4 is 4.18 Å². The summed E-state index contributed by atoms with van der Waals surface area (Å²) in [5, 5.41) is 4.55. The van der Waals surface area contributed by atoms with Gasteiger partial charge in [-0.15, -0.1) is 0 Å². The molecule has 0 spiro atoms. The number of pyridine rings is 1. The molecule has 0 saturated carbocycles. The zero-order chi connectivity index (χ0) is 26.3. The van der Waals surface area contributed by atoms with Crippen molar-refractivity contribution < 1.29 is 25.8 Å². The second-order valence-electron chi connectivity index (χ2n) is 8.50. The number of halogens is 3. The number of fused-ring (bicyclic) bond motifs is 1. The minimum absolute atomic E-state index is 0.00585. The molecule has 8 nitrogen and oxygen atoms in total. The second-order valence-corrected chi connectivity index (χ2v) is 10.0. The van der Waals surface area contributed by atoms with Crippen LogP contribution in [-0.2, 0) is 23.1 Å². The molecule has 0 fully saturated rings. The Balaban J connectivity index is 1.89. The van der Waals surface area contributed by atoms with E-state index in [0.29, 0.717) is 41.2 Å². The summed E-state index contributed by atoms with van der Waals surface area (Å²) in [5.41, 5.74) is -2.11. The van der Waals surface area contributed by atoms with Gasteiger partial charge < -0.3 is 4.18 Å². The quantitative estimate of drug-likeness (QED) is 0.246. The number of hydrogen-bond acceptors (Lipinski definition) is 7. The van der Waals surface area contributed by atoms with Crippen LogP contribution in [0.4, 0.5) is 13.2 Å². The van der Waals surface area contributed by atoms with E-state index in [2.05, 4.69) is 19.2 Å². The van der Waals surface area contributed by atoms with E-state index in [1.54, 1.807) is 31.5 Å². The van der Waals surface area contributed by atoms with Crippen LogP contribution in [0.15, 0.2) is 42.5 Å². The summed E-state index contributed by atoms with van der Waals surface area (Å²) in [7, 11) is -5.95. The molecule has 0 atom stereocenters. The molecule has 1 aromatic carbocycles. The molecule has 0 bridgehead atoms. The van der Waals surface area contributed by atoms with Gasteiger partial charge in [0.1, 0.15) is 5.52 Å². The van der Waals surface area contributed by atoms with Crippen LogP contribution >= 0.6 is 0 Å². The topological polar surface area (TPSA) is 99.9 Å². The fraction of sp³-hybridized carbons (Fsp3) is 0.333. The van der Waals surface area contributed by atoms with Crippen LogP contribution in [-0.4, -0.2) is 38.7 Å². The van der Waals surface area contributed by atoms with E-state index >= 15 is 0 Å². The Labute approximate surface area is 206 Å². The van der Waals surface area contributed by atoms with Gasteiger partial charge in [-0.05, 0) is 37.0 Å². The number of aromatic nitrogens is 5. The molecule has 3 aromatic heterocycles. The summed E-state index contributed by atoms with van der Waals surface area (Å²) in [6.45, 7) is 7.56. The molecular formula is C24H24F3N5O3S. The molecule has 4 aromatic rings. The summed E-state index contributed by atoms with van der Waals surface area (Å²) in [6, 6.07) is 12.7. The van der Waals surface area contributed by atoms with Gasteiger partial charge in [-0.2, -0.15) is 26.7 Å². The predicted octanol–water partition coefficient (Wildman–Crippen LogP) is 5.16. The first-order valence-corrected chi connectivity index (χ1v) is 12.6. The molecule has 0 N–H and O–H groups in total. The van der Waals surface area contributed by atoms with Crippen LogP contribution in [0.25, 0.3) is 22.4 Å². The van der Waals surface area contributed by atoms with Crippen LogP contribution in [0.5, 0.6) is 5.88 Å². The molecule has 12 heteroatoms. The fourth-order valence-electron chi connectivity index (χ4n) is 3.66. The maximum atomic E-state index is 13.1. The van der Waals surface area contributed by atoms with Crippen LogP contribution in [0.2, 0.25) is 0 Å². The lowest BCUT2D eigenvalue weighted by Gasteiger charge is -2.15. The summed E-state index contributed by atoms with van der Waals surface area (Å²) >= 11 is 0. The lowest BCUT2D eigenvalue weighted by atomic mass is 10.1. The van der Waals surface area contributed by atoms with Crippen molar-refractivity contribution in [1.29, 1.82) is 0 Å². The van der Waals surface area contributed by atoms with Crippen molar-refractivity contribution in [3.05, 3.63) is 65.1 Å². The average Bonchev–Trinajstić information content (AvgIpc) is 3.12. The Morgan fingerprint density at radius 1 is 1.03 bits per heavy atom. The van der Waals surface area contributed by atoms with Gasteiger partial charge in [0, 0.05) is 5.69 Å². The van der Waals surface area contributed by atoms with Gasteiger partial charge in [-0.25, -0.2) is 19.6 Å². The molecule has 0 aliphatic rings. The highest BCUT2D eigenvalue weighted by Gasteiger charge is 2.49. The maximum absolute atomic E-state index is 13.1. The zero-order valence-electron chi connectivity index (χ0n) is 20.0. The smallest absolute Gasteiger partial charge is 0.354 e. The highest BCUT2D eigenvalue weighted by Crippen LogP contribution is 2.36. The van der Waals surface area contributed by atoms with Crippen molar-refractivity contribution in [3.8, 4) is 17.1 Å². The molecule has 4 rings (SSSR count). The third-order valence-corrected chi connectivity index (χ3v) is 6.46. The van der Waals surface area contributed by atoms with Gasteiger partial charge in [-0.1, -0.05) is 51.1 Å². The van der Waals surface area contributed by atoms with Crippen molar-refractivity contribution in [1.82, 2.24) is 24.7 Å². The Hall–Kier alpha value is -3.54. The highest BCUT2D eigenvalue weighted by atomic mass is 32.2. The normalized spacial score (nSPS) is 12.4. The maximum Gasteiger partial charge on any atom is 0.534 e. The molecule has 190 valence electrons. The molecule has 0 aliphatic heterocycles. The van der Waals surface area contributed by atoms with Crippen LogP contribution in [0.1, 0.15) is 49.3 Å². The summed E-state index contributed by atoms with van der Waals surface area (Å²) in [5.74, 6) is -0.885. The average molecular weight is 520 g/mol. The molecule has 0 amide bonds. The largest absolute Gasteiger partial charge is 0.534 e. The molecule has 0 aliphatic carbocycles. The molecule has 0 unspecified atom stereocenters. The van der Waals surface area contributed by atoms with Gasteiger partial charge in [0.15, 0.2) is 5.65 Å². The minimum Gasteiger partial charge on any atom is -0.354 e. The Bertz CT molecular complexity index is 1520. The van der Waals surface area contributed by atoms with Crippen LogP contribution in [0, 0.1) is 6.92 Å². The van der Waals surface area contributed by atoms with Crippen molar-refractivity contribution >= 4 is 21.3 Å². The zero-order valence-corrected chi connectivity index (χ0v) is 20.9. The molecule has 0 saturated heterocycles. The van der Waals surface area contributed by atoms with E-state index < -0.39 is 21.5 Å². The summed E-state index contributed by atoms with van der Waals surface area (Å²) in [6.07, 6.45) is 0.366. The van der Waals surface area contributed by atoms with E-state index in [0.717, 1.165) is 5.56 Å². The Kier molecular flexibility index (Phi) is 6.74. The second kappa shape index (κ2) is 9.49. The number of hydrogen-bond donors (Lipinski definition) is 0. The van der Waals surface area contributed by atoms with E-state index in [1.807, 2.05) is 37.3 Å². The first-order valence-electron chi connectivity index (χ1n) is 11.2. The van der Waals surface area contributed by atoms with E-state index in [9.17, 15) is 21.6 Å². The lowest BCUT2D eigenvalue weighted by Crippen LogP contribution is -2.28. The minimum atomic E-state index is -5.95. The lowest BCUT2D eigenvalue weighted by molar-refractivity contribution is -0.0501. The fourth-order valence-corrected chi connectivity index (χ4v) is 4.09. The highest BCUT2D eigenvalue weighted by molar-refractivity contribution is 7.88. The number of alkyl halides is 3. The van der Waals surface area contributed by atoms with E-state index in [4.69, 9.17) is 4.98 Å². The first kappa shape index (κ1) is 25.5. The first-order chi connectivity index (χ1) is 16.9. The standard InChI is InChI=1S/C24H24F3N5O3S/c1-5-18-21(17-11-12-19(14(2)3)29-23(17)35-36(33,34)24(25,26)27)30-20-15(4)31-32(22(20)28-18)13-16-9-7-6-8-10-16/h6-12,14H,5,13H2,1-4H3. The van der Waals surface area contributed by atoms with E-state index in [-0.39, 0.29) is 17.2 Å². The van der Waals surface area contributed by atoms with Gasteiger partial charge >= 0.3 is 15.6 Å². The van der Waals surface area contributed by atoms with Gasteiger partial charge in [0.05, 0.1) is 29.2 Å². The molecule has 36 heavy (non-hydrogen) atoms. The van der Waals surface area contributed by atoms with Gasteiger partial charge in [0.25, 0.3) is 0 Å². The summed E-state index contributed by atoms with van der Waals surface area (Å²) in [4.78, 5) is 13.5. The molecular weight excluding hydrogens is 495 g/mol. The summed E-state index contributed by atoms with van der Waals surface area (Å²) < 4.78 is 69.3. The molecule has 3 heterocycles. The predicted molar refractivity (Wildman–Crippen MR) is 128 cm³/mol. The Morgan fingerprint density at radius 2 is 1.72 bits per heavy atom. The number of nitrogens with zero attached hydrogens (tertiary/aromatic N) is 5.